The van der Waals surface area contributed by atoms with Crippen LogP contribution < -0.4 is 29.3 Å². The van der Waals surface area contributed by atoms with Crippen LogP contribution in [0.4, 0.5) is 27.9 Å². The summed E-state index contributed by atoms with van der Waals surface area (Å²) >= 11 is 0. The summed E-state index contributed by atoms with van der Waals surface area (Å²) in [5.74, 6) is 2.89. The minimum atomic E-state index is -0.332. The van der Waals surface area contributed by atoms with Gasteiger partial charge in [-0.2, -0.15) is 4.98 Å². The number of nitrogens with one attached hydrogen (secondary N) is 1. The van der Waals surface area contributed by atoms with Gasteiger partial charge >= 0.3 is 6.03 Å². The van der Waals surface area contributed by atoms with E-state index < -0.39 is 0 Å². The number of aliphatic hydroxyl groups is 1. The van der Waals surface area contributed by atoms with E-state index in [1.54, 1.807) is 49.5 Å². The second kappa shape index (κ2) is 10.5. The number of nitrogens with zero attached hydrogens (tertiary/aromatic N) is 4. The van der Waals surface area contributed by atoms with Crippen LogP contribution in [0, 0.1) is 0 Å². The molecule has 2 heterocycles. The largest absolute Gasteiger partial charge is 0.497 e. The number of carbonyl (C=O) groups is 1. The van der Waals surface area contributed by atoms with Gasteiger partial charge in [0.1, 0.15) is 11.6 Å². The predicted octanol–water partition coefficient (Wildman–Crippen LogP) is 4.50. The van der Waals surface area contributed by atoms with Crippen LogP contribution in [0.15, 0.2) is 48.7 Å². The minimum Gasteiger partial charge on any atom is -0.497 e. The Balaban J connectivity index is 1.49. The molecule has 2 N–H and O–H groups in total. The minimum absolute atomic E-state index is 0.0699. The standard InChI is InChI=1S/C27H31N5O5/c1-35-22-11-7-19(8-12-22)31-16-17-15-28-26(29-18-4-13-23(36-2)24(14-18)37-3)30-25(17)32(27(31)34)20-5-9-21(33)10-6-20/h4,7-8,11-15,20-21,33H,5-6,9-10,16H2,1-3H3,(H,28,29,30). The maximum absolute atomic E-state index is 13.9. The highest BCUT2D eigenvalue weighted by atomic mass is 16.5. The summed E-state index contributed by atoms with van der Waals surface area (Å²) in [7, 11) is 4.78. The first-order valence-corrected chi connectivity index (χ1v) is 12.3. The highest BCUT2D eigenvalue weighted by molar-refractivity contribution is 6.06. The number of rotatable bonds is 7. The van der Waals surface area contributed by atoms with Crippen LogP contribution in [0.2, 0.25) is 0 Å². The van der Waals surface area contributed by atoms with Gasteiger partial charge in [-0.05, 0) is 62.1 Å². The molecule has 2 aliphatic rings. The number of urea groups is 1. The number of benzene rings is 2. The molecule has 0 atom stereocenters. The Kier molecular flexibility index (Phi) is 7.00. The molecule has 1 aliphatic carbocycles. The topological polar surface area (TPSA) is 109 Å². The van der Waals surface area contributed by atoms with Crippen molar-refractivity contribution in [2.75, 3.05) is 36.4 Å². The molecule has 0 bridgehead atoms. The lowest BCUT2D eigenvalue weighted by Gasteiger charge is -2.42. The lowest BCUT2D eigenvalue weighted by atomic mass is 9.91. The van der Waals surface area contributed by atoms with Crippen LogP contribution in [0.3, 0.4) is 0 Å². The molecule has 3 aromatic rings. The van der Waals surface area contributed by atoms with Crippen LogP contribution in [-0.2, 0) is 6.54 Å². The smallest absolute Gasteiger partial charge is 0.330 e. The average Bonchev–Trinajstić information content (AvgIpc) is 2.93. The lowest BCUT2D eigenvalue weighted by molar-refractivity contribution is 0.122. The summed E-state index contributed by atoms with van der Waals surface area (Å²) in [6.45, 7) is 0.350. The summed E-state index contributed by atoms with van der Waals surface area (Å²) in [5, 5.41) is 13.3. The summed E-state index contributed by atoms with van der Waals surface area (Å²) in [6.07, 6.45) is 4.12. The number of methoxy groups -OCH3 is 3. The van der Waals surface area contributed by atoms with E-state index in [0.717, 1.165) is 22.7 Å². The van der Waals surface area contributed by atoms with Crippen molar-refractivity contribution < 1.29 is 24.1 Å². The fraction of sp³-hybridized carbons (Fsp3) is 0.370. The van der Waals surface area contributed by atoms with Gasteiger partial charge in [0.25, 0.3) is 0 Å². The van der Waals surface area contributed by atoms with Crippen molar-refractivity contribution in [3.05, 3.63) is 54.2 Å². The highest BCUT2D eigenvalue weighted by Crippen LogP contribution is 2.37. The molecule has 194 valence electrons. The number of fused-ring (bicyclic) bond motifs is 1. The van der Waals surface area contributed by atoms with E-state index in [0.29, 0.717) is 55.5 Å². The van der Waals surface area contributed by atoms with Crippen molar-refractivity contribution in [2.45, 2.75) is 44.4 Å². The number of anilines is 4. The average molecular weight is 506 g/mol. The van der Waals surface area contributed by atoms with Crippen molar-refractivity contribution in [2.24, 2.45) is 0 Å². The molecular weight excluding hydrogens is 474 g/mol. The second-order valence-corrected chi connectivity index (χ2v) is 9.14. The predicted molar refractivity (Wildman–Crippen MR) is 140 cm³/mol. The van der Waals surface area contributed by atoms with Gasteiger partial charge < -0.3 is 24.6 Å². The van der Waals surface area contributed by atoms with E-state index in [2.05, 4.69) is 10.3 Å². The Hall–Kier alpha value is -4.05. The molecule has 37 heavy (non-hydrogen) atoms. The van der Waals surface area contributed by atoms with Gasteiger partial charge in [0.05, 0.1) is 34.0 Å². The Morgan fingerprint density at radius 2 is 1.68 bits per heavy atom. The molecule has 0 radical (unpaired) electrons. The number of hydrogen-bond acceptors (Lipinski definition) is 8. The third kappa shape index (κ3) is 4.97. The van der Waals surface area contributed by atoms with Gasteiger partial charge in [0.2, 0.25) is 5.95 Å². The van der Waals surface area contributed by atoms with Gasteiger partial charge in [-0.15, -0.1) is 0 Å². The van der Waals surface area contributed by atoms with E-state index in [1.165, 1.54) is 0 Å². The highest BCUT2D eigenvalue weighted by Gasteiger charge is 2.38. The van der Waals surface area contributed by atoms with E-state index in [-0.39, 0.29) is 18.2 Å². The maximum Gasteiger partial charge on any atom is 0.330 e. The molecule has 0 saturated heterocycles. The van der Waals surface area contributed by atoms with Gasteiger partial charge in [-0.1, -0.05) is 0 Å². The number of aromatic nitrogens is 2. The van der Waals surface area contributed by atoms with Crippen LogP contribution in [-0.4, -0.2) is 54.6 Å². The Morgan fingerprint density at radius 1 is 0.946 bits per heavy atom. The number of carbonyl (C=O) groups excluding carboxylic acids is 1. The molecule has 10 heteroatoms. The van der Waals surface area contributed by atoms with Crippen molar-refractivity contribution in [3.8, 4) is 17.2 Å². The van der Waals surface area contributed by atoms with E-state index in [1.807, 2.05) is 30.3 Å². The molecular formula is C27H31N5O5. The van der Waals surface area contributed by atoms with Crippen LogP contribution >= 0.6 is 0 Å². The zero-order valence-corrected chi connectivity index (χ0v) is 21.2. The molecule has 1 saturated carbocycles. The number of amides is 2. The van der Waals surface area contributed by atoms with Crippen molar-refractivity contribution in [3.63, 3.8) is 0 Å². The number of ether oxygens (including phenoxy) is 3. The van der Waals surface area contributed by atoms with Gasteiger partial charge in [0.15, 0.2) is 11.5 Å². The van der Waals surface area contributed by atoms with Crippen molar-refractivity contribution in [1.82, 2.24) is 9.97 Å². The third-order valence-electron chi connectivity index (χ3n) is 6.89. The molecule has 0 unspecified atom stereocenters. The van der Waals surface area contributed by atoms with E-state index >= 15 is 0 Å². The Bertz CT molecular complexity index is 1260. The molecule has 2 aromatic carbocycles. The molecule has 0 spiro atoms. The Morgan fingerprint density at radius 3 is 2.35 bits per heavy atom. The first kappa shape index (κ1) is 24.6. The molecule has 2 amide bonds. The zero-order chi connectivity index (χ0) is 25.9. The maximum atomic E-state index is 13.9. The monoisotopic (exact) mass is 505 g/mol. The molecule has 1 aromatic heterocycles. The van der Waals surface area contributed by atoms with Crippen LogP contribution in [0.25, 0.3) is 0 Å². The third-order valence-corrected chi connectivity index (χ3v) is 6.89. The SMILES string of the molecule is COc1ccc(N2Cc3cnc(Nc4ccc(OC)c(OC)c4)nc3N(C3CCC(O)CC3)C2=O)cc1. The summed E-state index contributed by atoms with van der Waals surface area (Å²) in [4.78, 5) is 26.7. The second-order valence-electron chi connectivity index (χ2n) is 9.14. The fourth-order valence-corrected chi connectivity index (χ4v) is 4.89. The summed E-state index contributed by atoms with van der Waals surface area (Å²) < 4.78 is 16.0. The summed E-state index contributed by atoms with van der Waals surface area (Å²) in [6, 6.07) is 12.7. The van der Waals surface area contributed by atoms with E-state index in [9.17, 15) is 9.90 Å². The van der Waals surface area contributed by atoms with Crippen LogP contribution in [0.1, 0.15) is 31.2 Å². The molecule has 5 rings (SSSR count). The normalized spacial score (nSPS) is 19.3. The lowest BCUT2D eigenvalue weighted by Crippen LogP contribution is -2.53. The quantitative estimate of drug-likeness (QED) is 0.483. The van der Waals surface area contributed by atoms with Gasteiger partial charge in [-0.3, -0.25) is 9.80 Å². The van der Waals surface area contributed by atoms with Gasteiger partial charge in [0, 0.05) is 35.2 Å². The van der Waals surface area contributed by atoms with Gasteiger partial charge in [-0.25, -0.2) is 9.78 Å². The fourth-order valence-electron chi connectivity index (χ4n) is 4.89. The first-order chi connectivity index (χ1) is 18.0. The van der Waals surface area contributed by atoms with E-state index in [4.69, 9.17) is 19.2 Å². The zero-order valence-electron chi connectivity index (χ0n) is 21.2. The first-order valence-electron chi connectivity index (χ1n) is 12.3. The molecule has 10 nitrogen and oxygen atoms in total. The van der Waals surface area contributed by atoms with Crippen molar-refractivity contribution in [1.29, 1.82) is 0 Å². The van der Waals surface area contributed by atoms with Crippen LogP contribution in [0.5, 0.6) is 17.2 Å². The summed E-state index contributed by atoms with van der Waals surface area (Å²) in [5.41, 5.74) is 2.34. The molecule has 1 aliphatic heterocycles. The number of aliphatic hydroxyl groups excluding tert-OH is 1. The van der Waals surface area contributed by atoms with Crippen molar-refractivity contribution >= 4 is 29.2 Å². The number of hydrogen-bond donors (Lipinski definition) is 2. The molecule has 1 fully saturated rings. The Labute approximate surface area is 215 Å².